The molecule has 2 heterocycles. The SMILES string of the molecule is COC=C1OC(C(=O)C2OC(=COC)c3ccccc32)c2ccccc21. The van der Waals surface area contributed by atoms with E-state index in [1.54, 1.807) is 14.2 Å². The maximum Gasteiger partial charge on any atom is 0.222 e. The molecule has 4 rings (SSSR count). The number of ether oxygens (including phenoxy) is 4. The van der Waals surface area contributed by atoms with Crippen molar-refractivity contribution in [2.24, 2.45) is 0 Å². The molecule has 0 amide bonds. The fourth-order valence-electron chi connectivity index (χ4n) is 3.36. The first-order chi connectivity index (χ1) is 12.7. The first-order valence-electron chi connectivity index (χ1n) is 8.26. The minimum Gasteiger partial charge on any atom is -0.500 e. The molecule has 5 nitrogen and oxygen atoms in total. The summed E-state index contributed by atoms with van der Waals surface area (Å²) < 4.78 is 22.0. The van der Waals surface area contributed by atoms with Gasteiger partial charge in [-0.3, -0.25) is 4.79 Å². The molecule has 2 aliphatic heterocycles. The molecule has 2 aliphatic rings. The van der Waals surface area contributed by atoms with Crippen LogP contribution in [0.4, 0.5) is 0 Å². The van der Waals surface area contributed by atoms with Gasteiger partial charge in [0.2, 0.25) is 5.78 Å². The number of hydrogen-bond donors (Lipinski definition) is 0. The Bertz CT molecular complexity index is 839. The summed E-state index contributed by atoms with van der Waals surface area (Å²) >= 11 is 0. The maximum atomic E-state index is 13.3. The molecule has 0 aliphatic carbocycles. The zero-order valence-corrected chi connectivity index (χ0v) is 14.5. The Morgan fingerprint density at radius 3 is 1.65 bits per heavy atom. The summed E-state index contributed by atoms with van der Waals surface area (Å²) in [5.41, 5.74) is 3.33. The van der Waals surface area contributed by atoms with Gasteiger partial charge in [-0.05, 0) is 0 Å². The third-order valence-corrected chi connectivity index (χ3v) is 4.47. The third-order valence-electron chi connectivity index (χ3n) is 4.47. The van der Waals surface area contributed by atoms with Crippen LogP contribution in [0.2, 0.25) is 0 Å². The van der Waals surface area contributed by atoms with E-state index in [-0.39, 0.29) is 5.78 Å². The predicted molar refractivity (Wildman–Crippen MR) is 95.5 cm³/mol. The molecule has 0 fully saturated rings. The molecule has 2 aromatic rings. The zero-order valence-electron chi connectivity index (χ0n) is 14.5. The molecule has 26 heavy (non-hydrogen) atoms. The van der Waals surface area contributed by atoms with Gasteiger partial charge in [0.1, 0.15) is 12.5 Å². The van der Waals surface area contributed by atoms with Crippen LogP contribution < -0.4 is 0 Å². The number of fused-ring (bicyclic) bond motifs is 2. The molecular weight excluding hydrogens is 332 g/mol. The molecule has 0 N–H and O–H groups in total. The minimum absolute atomic E-state index is 0.163. The number of benzene rings is 2. The molecule has 0 spiro atoms. The average molecular weight is 350 g/mol. The lowest BCUT2D eigenvalue weighted by molar-refractivity contribution is -0.134. The quantitative estimate of drug-likeness (QED) is 0.781. The van der Waals surface area contributed by atoms with Crippen LogP contribution >= 0.6 is 0 Å². The predicted octanol–water partition coefficient (Wildman–Crippen LogP) is 3.99. The summed E-state index contributed by atoms with van der Waals surface area (Å²) in [7, 11) is 3.10. The van der Waals surface area contributed by atoms with Gasteiger partial charge in [0.05, 0.1) is 14.2 Å². The third kappa shape index (κ3) is 2.52. The van der Waals surface area contributed by atoms with Crippen LogP contribution in [-0.4, -0.2) is 20.0 Å². The van der Waals surface area contributed by atoms with Crippen LogP contribution in [0.3, 0.4) is 0 Å². The first-order valence-corrected chi connectivity index (χ1v) is 8.26. The molecule has 2 atom stereocenters. The van der Waals surface area contributed by atoms with Gasteiger partial charge >= 0.3 is 0 Å². The minimum atomic E-state index is -0.743. The van der Waals surface area contributed by atoms with E-state index >= 15 is 0 Å². The molecule has 5 heteroatoms. The van der Waals surface area contributed by atoms with Gasteiger partial charge in [-0.25, -0.2) is 0 Å². The van der Waals surface area contributed by atoms with Crippen molar-refractivity contribution in [3.05, 3.63) is 83.3 Å². The largest absolute Gasteiger partial charge is 0.500 e. The molecule has 0 saturated carbocycles. The van der Waals surface area contributed by atoms with Crippen molar-refractivity contribution >= 4 is 17.3 Å². The summed E-state index contributed by atoms with van der Waals surface area (Å²) in [6, 6.07) is 15.2. The van der Waals surface area contributed by atoms with Gasteiger partial charge in [0.25, 0.3) is 0 Å². The van der Waals surface area contributed by atoms with Gasteiger partial charge in [0, 0.05) is 22.3 Å². The van der Waals surface area contributed by atoms with E-state index in [0.717, 1.165) is 22.3 Å². The Labute approximate surface area is 151 Å². The van der Waals surface area contributed by atoms with E-state index in [1.807, 2.05) is 48.5 Å². The normalized spacial score (nSPS) is 23.2. The van der Waals surface area contributed by atoms with Crippen molar-refractivity contribution in [2.45, 2.75) is 12.2 Å². The lowest BCUT2D eigenvalue weighted by atomic mass is 9.95. The van der Waals surface area contributed by atoms with Crippen molar-refractivity contribution in [3.63, 3.8) is 0 Å². The highest BCUT2D eigenvalue weighted by atomic mass is 16.5. The molecule has 0 bridgehead atoms. The molecule has 2 unspecified atom stereocenters. The van der Waals surface area contributed by atoms with Crippen LogP contribution in [0.1, 0.15) is 34.5 Å². The molecular formula is C21H18O5. The van der Waals surface area contributed by atoms with E-state index in [4.69, 9.17) is 18.9 Å². The number of methoxy groups -OCH3 is 2. The fraction of sp³-hybridized carbons (Fsp3) is 0.190. The zero-order chi connectivity index (χ0) is 18.1. The molecule has 0 radical (unpaired) electrons. The summed E-state index contributed by atoms with van der Waals surface area (Å²) in [5, 5.41) is 0. The van der Waals surface area contributed by atoms with Crippen LogP contribution in [0.5, 0.6) is 0 Å². The highest BCUT2D eigenvalue weighted by Gasteiger charge is 2.42. The lowest BCUT2D eigenvalue weighted by Gasteiger charge is -2.16. The molecule has 0 saturated heterocycles. The average Bonchev–Trinajstić information content (AvgIpc) is 3.22. The second kappa shape index (κ2) is 6.59. The van der Waals surface area contributed by atoms with E-state index in [1.165, 1.54) is 12.5 Å². The fourth-order valence-corrected chi connectivity index (χ4v) is 3.36. The van der Waals surface area contributed by atoms with Crippen LogP contribution in [0, 0.1) is 0 Å². The van der Waals surface area contributed by atoms with Crippen molar-refractivity contribution in [3.8, 4) is 0 Å². The topological polar surface area (TPSA) is 54.0 Å². The van der Waals surface area contributed by atoms with E-state index in [2.05, 4.69) is 0 Å². The Morgan fingerprint density at radius 2 is 1.23 bits per heavy atom. The Balaban J connectivity index is 1.72. The van der Waals surface area contributed by atoms with Gasteiger partial charge in [-0.15, -0.1) is 0 Å². The number of carbonyl (C=O) groups excluding carboxylic acids is 1. The Kier molecular flexibility index (Phi) is 4.13. The first kappa shape index (κ1) is 16.3. The van der Waals surface area contributed by atoms with Crippen molar-refractivity contribution < 1.29 is 23.7 Å². The Hall–Kier alpha value is -3.21. The maximum absolute atomic E-state index is 13.3. The number of Topliss-reactive ketones (excluding diaryl/α,β-unsaturated/α-hetero) is 1. The van der Waals surface area contributed by atoms with Gasteiger partial charge in [-0.1, -0.05) is 48.5 Å². The molecule has 132 valence electrons. The van der Waals surface area contributed by atoms with E-state index < -0.39 is 12.2 Å². The number of carbonyl (C=O) groups is 1. The highest BCUT2D eigenvalue weighted by Crippen LogP contribution is 2.45. The molecule has 0 aromatic heterocycles. The van der Waals surface area contributed by atoms with Crippen LogP contribution in [0.25, 0.3) is 11.5 Å². The molecule has 2 aromatic carbocycles. The lowest BCUT2D eigenvalue weighted by Crippen LogP contribution is -2.19. The summed E-state index contributed by atoms with van der Waals surface area (Å²) in [6.07, 6.45) is 1.53. The highest BCUT2D eigenvalue weighted by molar-refractivity contribution is 5.95. The monoisotopic (exact) mass is 350 g/mol. The Morgan fingerprint density at radius 1 is 0.808 bits per heavy atom. The summed E-state index contributed by atoms with van der Waals surface area (Å²) in [4.78, 5) is 13.3. The van der Waals surface area contributed by atoms with Crippen molar-refractivity contribution in [1.29, 1.82) is 0 Å². The van der Waals surface area contributed by atoms with Gasteiger partial charge in [0.15, 0.2) is 23.7 Å². The van der Waals surface area contributed by atoms with Crippen LogP contribution in [0.15, 0.2) is 61.1 Å². The number of hydrogen-bond acceptors (Lipinski definition) is 5. The summed E-state index contributed by atoms with van der Waals surface area (Å²) in [6.45, 7) is 0. The second-order valence-corrected chi connectivity index (χ2v) is 6.01. The number of ketones is 1. The van der Waals surface area contributed by atoms with Crippen LogP contribution in [-0.2, 0) is 23.7 Å². The second-order valence-electron chi connectivity index (χ2n) is 6.01. The number of rotatable bonds is 4. The van der Waals surface area contributed by atoms with Gasteiger partial charge in [-0.2, -0.15) is 0 Å². The standard InChI is InChI=1S/C21H18O5/c1-23-11-17-13-7-3-5-9-15(13)20(25-17)19(22)21-16-10-6-4-8-14(16)18(26-21)12-24-2/h3-12,20-21H,1-2H3. The van der Waals surface area contributed by atoms with Gasteiger partial charge < -0.3 is 18.9 Å². The van der Waals surface area contributed by atoms with E-state index in [9.17, 15) is 4.79 Å². The van der Waals surface area contributed by atoms with E-state index in [0.29, 0.717) is 11.5 Å². The smallest absolute Gasteiger partial charge is 0.222 e. The summed E-state index contributed by atoms with van der Waals surface area (Å²) in [5.74, 6) is 0.921. The van der Waals surface area contributed by atoms with Crippen molar-refractivity contribution in [2.75, 3.05) is 14.2 Å². The van der Waals surface area contributed by atoms with Crippen molar-refractivity contribution in [1.82, 2.24) is 0 Å².